The van der Waals surface area contributed by atoms with E-state index in [1.165, 1.54) is 11.3 Å². The third-order valence-electron chi connectivity index (χ3n) is 3.71. The number of aliphatic hydroxyl groups is 2. The second-order valence-corrected chi connectivity index (χ2v) is 6.45. The maximum absolute atomic E-state index is 12.1. The summed E-state index contributed by atoms with van der Waals surface area (Å²) in [6, 6.07) is 7.40. The van der Waals surface area contributed by atoms with E-state index in [4.69, 9.17) is 0 Å². The first-order chi connectivity index (χ1) is 10.6. The lowest BCUT2D eigenvalue weighted by Crippen LogP contribution is -2.43. The minimum absolute atomic E-state index is 0.0709. The molecule has 22 heavy (non-hydrogen) atoms. The Hall–Kier alpha value is -1.76. The molecule has 1 heterocycles. The third kappa shape index (κ3) is 3.19. The number of aliphatic hydroxyl groups excluding tert-OH is 2. The molecule has 3 N–H and O–H groups in total. The number of allylic oxidation sites excluding steroid dienone is 1. The largest absolute Gasteiger partial charge is 0.383 e. The molecule has 6 heteroatoms. The standard InChI is InChI=1S/C16H18N2O3S/c19-13(15(21)17-10-6-2-1-3-7-10)14(20)16-18-11-8-4-5-9-12(11)22-16/h2,4-6,8-10,13-14,19-20H,1,3,7H2,(H,17,21)/t10-,13+,14-/m1/s1. The predicted molar refractivity (Wildman–Crippen MR) is 85.5 cm³/mol. The van der Waals surface area contributed by atoms with Crippen molar-refractivity contribution >= 4 is 27.5 Å². The number of nitrogens with zero attached hydrogens (tertiary/aromatic N) is 1. The average molecular weight is 318 g/mol. The molecule has 116 valence electrons. The van der Waals surface area contributed by atoms with Crippen LogP contribution in [0.25, 0.3) is 10.2 Å². The lowest BCUT2D eigenvalue weighted by atomic mass is 10.0. The van der Waals surface area contributed by atoms with Crippen LogP contribution in [0.2, 0.25) is 0 Å². The van der Waals surface area contributed by atoms with Gasteiger partial charge in [-0.15, -0.1) is 11.3 Å². The Morgan fingerprint density at radius 3 is 2.91 bits per heavy atom. The van der Waals surface area contributed by atoms with Crippen LogP contribution in [0.4, 0.5) is 0 Å². The van der Waals surface area contributed by atoms with Gasteiger partial charge in [0.15, 0.2) is 6.10 Å². The Balaban J connectivity index is 1.70. The van der Waals surface area contributed by atoms with Crippen molar-refractivity contribution < 1.29 is 15.0 Å². The van der Waals surface area contributed by atoms with Crippen LogP contribution >= 0.6 is 11.3 Å². The van der Waals surface area contributed by atoms with Gasteiger partial charge in [-0.05, 0) is 31.4 Å². The summed E-state index contributed by atoms with van der Waals surface area (Å²) >= 11 is 1.28. The van der Waals surface area contributed by atoms with E-state index in [9.17, 15) is 15.0 Å². The number of amides is 1. The first-order valence-electron chi connectivity index (χ1n) is 7.34. The van der Waals surface area contributed by atoms with Crippen LogP contribution in [-0.2, 0) is 4.79 Å². The average Bonchev–Trinajstić information content (AvgIpc) is 2.98. The number of carbonyl (C=O) groups is 1. The predicted octanol–water partition coefficient (Wildman–Crippen LogP) is 1.92. The number of fused-ring (bicyclic) bond motifs is 1. The van der Waals surface area contributed by atoms with Gasteiger partial charge in [0.1, 0.15) is 11.1 Å². The van der Waals surface area contributed by atoms with E-state index in [-0.39, 0.29) is 6.04 Å². The first-order valence-corrected chi connectivity index (χ1v) is 8.15. The summed E-state index contributed by atoms with van der Waals surface area (Å²) in [5.41, 5.74) is 0.754. The molecule has 1 aliphatic carbocycles. The minimum Gasteiger partial charge on any atom is -0.383 e. The van der Waals surface area contributed by atoms with Crippen LogP contribution in [0.15, 0.2) is 36.4 Å². The summed E-state index contributed by atoms with van der Waals surface area (Å²) in [4.78, 5) is 16.3. The molecule has 1 aromatic heterocycles. The van der Waals surface area contributed by atoms with Gasteiger partial charge in [-0.1, -0.05) is 24.3 Å². The van der Waals surface area contributed by atoms with E-state index < -0.39 is 18.1 Å². The molecule has 1 amide bonds. The Kier molecular flexibility index (Phi) is 4.52. The molecule has 3 rings (SSSR count). The molecule has 0 radical (unpaired) electrons. The zero-order valence-corrected chi connectivity index (χ0v) is 12.8. The summed E-state index contributed by atoms with van der Waals surface area (Å²) in [6.07, 6.45) is 4.00. The van der Waals surface area contributed by atoms with Crippen LogP contribution < -0.4 is 5.32 Å². The lowest BCUT2D eigenvalue weighted by Gasteiger charge is -2.21. The fourth-order valence-electron chi connectivity index (χ4n) is 2.50. The van der Waals surface area contributed by atoms with Gasteiger partial charge in [-0.25, -0.2) is 4.98 Å². The highest BCUT2D eigenvalue weighted by molar-refractivity contribution is 7.18. The van der Waals surface area contributed by atoms with Crippen LogP contribution in [0.3, 0.4) is 0 Å². The van der Waals surface area contributed by atoms with Crippen molar-refractivity contribution in [3.05, 3.63) is 41.4 Å². The van der Waals surface area contributed by atoms with Gasteiger partial charge in [-0.3, -0.25) is 4.79 Å². The molecule has 0 saturated heterocycles. The number of hydrogen-bond acceptors (Lipinski definition) is 5. The van der Waals surface area contributed by atoms with E-state index in [2.05, 4.69) is 10.3 Å². The van der Waals surface area contributed by atoms with Gasteiger partial charge >= 0.3 is 0 Å². The number of rotatable bonds is 4. The summed E-state index contributed by atoms with van der Waals surface area (Å²) < 4.78 is 0.916. The monoisotopic (exact) mass is 318 g/mol. The van der Waals surface area contributed by atoms with Crippen LogP contribution in [0.1, 0.15) is 30.4 Å². The third-order valence-corrected chi connectivity index (χ3v) is 4.82. The molecule has 0 saturated carbocycles. The summed E-state index contributed by atoms with van der Waals surface area (Å²) in [6.45, 7) is 0. The maximum atomic E-state index is 12.1. The zero-order chi connectivity index (χ0) is 15.5. The normalized spacial score (nSPS) is 20.7. The van der Waals surface area contributed by atoms with Gasteiger partial charge < -0.3 is 15.5 Å². The van der Waals surface area contributed by atoms with Gasteiger partial charge in [0.2, 0.25) is 0 Å². The van der Waals surface area contributed by atoms with Crippen LogP contribution in [-0.4, -0.2) is 33.3 Å². The quantitative estimate of drug-likeness (QED) is 0.752. The molecular weight excluding hydrogens is 300 g/mol. The fraction of sp³-hybridized carbons (Fsp3) is 0.375. The van der Waals surface area contributed by atoms with Crippen molar-refractivity contribution in [3.63, 3.8) is 0 Å². The Bertz CT molecular complexity index is 665. The van der Waals surface area contributed by atoms with Crippen molar-refractivity contribution in [1.29, 1.82) is 0 Å². The van der Waals surface area contributed by atoms with E-state index in [1.54, 1.807) is 0 Å². The molecule has 0 aliphatic heterocycles. The van der Waals surface area contributed by atoms with Gasteiger partial charge in [0, 0.05) is 6.04 Å². The van der Waals surface area contributed by atoms with Crippen LogP contribution in [0, 0.1) is 0 Å². The van der Waals surface area contributed by atoms with Crippen molar-refractivity contribution in [1.82, 2.24) is 10.3 Å². The van der Waals surface area contributed by atoms with Crippen molar-refractivity contribution in [2.24, 2.45) is 0 Å². The zero-order valence-electron chi connectivity index (χ0n) is 12.0. The number of hydrogen-bond donors (Lipinski definition) is 3. The second-order valence-electron chi connectivity index (χ2n) is 5.38. The fourth-order valence-corrected chi connectivity index (χ4v) is 3.48. The van der Waals surface area contributed by atoms with Crippen LogP contribution in [0.5, 0.6) is 0 Å². The molecule has 0 fully saturated rings. The first kappa shape index (κ1) is 15.1. The van der Waals surface area contributed by atoms with E-state index >= 15 is 0 Å². The summed E-state index contributed by atoms with van der Waals surface area (Å²) in [5, 5.41) is 23.4. The second kappa shape index (κ2) is 6.56. The number of thiazole rings is 1. The number of carbonyl (C=O) groups excluding carboxylic acids is 1. The van der Waals surface area contributed by atoms with E-state index in [0.717, 1.165) is 29.5 Å². The number of aromatic nitrogens is 1. The number of para-hydroxylation sites is 1. The molecule has 0 unspecified atom stereocenters. The molecular formula is C16H18N2O3S. The van der Waals surface area contributed by atoms with Gasteiger partial charge in [0.25, 0.3) is 5.91 Å². The summed E-state index contributed by atoms with van der Waals surface area (Å²) in [5.74, 6) is -0.566. The Morgan fingerprint density at radius 2 is 2.18 bits per heavy atom. The Morgan fingerprint density at radius 1 is 1.36 bits per heavy atom. The topological polar surface area (TPSA) is 82.5 Å². The summed E-state index contributed by atoms with van der Waals surface area (Å²) in [7, 11) is 0. The van der Waals surface area contributed by atoms with Crippen molar-refractivity contribution in [2.45, 2.75) is 37.5 Å². The molecule has 1 aromatic carbocycles. The molecule has 5 nitrogen and oxygen atoms in total. The van der Waals surface area contributed by atoms with Gasteiger partial charge in [-0.2, -0.15) is 0 Å². The minimum atomic E-state index is -1.52. The number of nitrogens with one attached hydrogen (secondary N) is 1. The molecule has 0 spiro atoms. The van der Waals surface area contributed by atoms with Crippen molar-refractivity contribution in [2.75, 3.05) is 0 Å². The smallest absolute Gasteiger partial charge is 0.252 e. The van der Waals surface area contributed by atoms with Gasteiger partial charge in [0.05, 0.1) is 10.2 Å². The maximum Gasteiger partial charge on any atom is 0.252 e. The van der Waals surface area contributed by atoms with E-state index in [0.29, 0.717) is 5.01 Å². The molecule has 0 bridgehead atoms. The highest BCUT2D eigenvalue weighted by atomic mass is 32.1. The number of benzene rings is 1. The highest BCUT2D eigenvalue weighted by Gasteiger charge is 2.29. The lowest BCUT2D eigenvalue weighted by molar-refractivity contribution is -0.135. The molecule has 2 aromatic rings. The molecule has 1 aliphatic rings. The van der Waals surface area contributed by atoms with Crippen molar-refractivity contribution in [3.8, 4) is 0 Å². The highest BCUT2D eigenvalue weighted by Crippen LogP contribution is 2.28. The molecule has 3 atom stereocenters. The van der Waals surface area contributed by atoms with E-state index in [1.807, 2.05) is 36.4 Å². The SMILES string of the molecule is O=C(N[C@@H]1C=CCCC1)[C@@H](O)[C@@H](O)c1nc2ccccc2s1. The Labute approximate surface area is 132 Å².